The SMILES string of the molecule is CCCC(C)(C)CC[C@@](C)(CCC(C)(C)[C@]1(C)CC[C@H]2C(C)(C)C(=O)C(C#N)=C[C@]2(C)/C1=C/C(C)=O)NC(=O)NC. The molecule has 41 heavy (non-hydrogen) atoms. The molecule has 0 unspecified atom stereocenters. The van der Waals surface area contributed by atoms with Crippen molar-refractivity contribution in [3.8, 4) is 6.07 Å². The molecule has 4 atom stereocenters. The third kappa shape index (κ3) is 6.98. The summed E-state index contributed by atoms with van der Waals surface area (Å²) in [6.07, 6.45) is 11.1. The van der Waals surface area contributed by atoms with E-state index in [-0.39, 0.29) is 45.3 Å². The molecule has 2 N–H and O–H groups in total. The number of amides is 2. The van der Waals surface area contributed by atoms with Gasteiger partial charge in [-0.2, -0.15) is 5.26 Å². The fraction of sp³-hybridized carbons (Fsp3) is 0.771. The standard InChI is InChI=1S/C35H57N3O3/c1-13-15-30(3,4)17-19-33(9,38-29(41)37-12)20-18-31(5,6)35(11)16-14-26-32(7,8)28(40)25(23-36)22-34(26,10)27(35)21-24(2)39/h21-22,26H,13-20H2,1-12H3,(H2,37,38,41)/b27-21-/t26-,33-,34-,35+/m0/s1. The Labute approximate surface area is 250 Å². The van der Waals surface area contributed by atoms with Gasteiger partial charge < -0.3 is 10.6 Å². The van der Waals surface area contributed by atoms with Crippen LogP contribution >= 0.6 is 0 Å². The molecule has 0 aromatic rings. The smallest absolute Gasteiger partial charge is 0.314 e. The lowest BCUT2D eigenvalue weighted by molar-refractivity contribution is -0.131. The minimum atomic E-state index is -0.697. The number of nitriles is 1. The predicted molar refractivity (Wildman–Crippen MR) is 167 cm³/mol. The zero-order valence-corrected chi connectivity index (χ0v) is 28.1. The highest BCUT2D eigenvalue weighted by atomic mass is 16.2. The number of carbonyl (C=O) groups excluding carboxylic acids is 3. The number of nitrogens with one attached hydrogen (secondary N) is 2. The van der Waals surface area contributed by atoms with Gasteiger partial charge in [0.1, 0.15) is 6.07 Å². The minimum Gasteiger partial charge on any atom is -0.341 e. The zero-order chi connectivity index (χ0) is 31.7. The van der Waals surface area contributed by atoms with E-state index in [0.717, 1.165) is 56.9 Å². The second-order valence-electron chi connectivity index (χ2n) is 15.7. The molecule has 0 aromatic heterocycles. The molecule has 6 heteroatoms. The number of hydrogen-bond acceptors (Lipinski definition) is 4. The number of ketones is 2. The summed E-state index contributed by atoms with van der Waals surface area (Å²) in [5.74, 6) is -0.126. The molecular formula is C35H57N3O3. The van der Waals surface area contributed by atoms with Crippen molar-refractivity contribution in [2.24, 2.45) is 33.0 Å². The second-order valence-corrected chi connectivity index (χ2v) is 15.7. The van der Waals surface area contributed by atoms with Gasteiger partial charge in [0.25, 0.3) is 0 Å². The van der Waals surface area contributed by atoms with E-state index in [0.29, 0.717) is 0 Å². The topological polar surface area (TPSA) is 99.1 Å². The van der Waals surface area contributed by atoms with Crippen LogP contribution in [0.4, 0.5) is 4.79 Å². The van der Waals surface area contributed by atoms with Crippen molar-refractivity contribution in [1.82, 2.24) is 10.6 Å². The van der Waals surface area contributed by atoms with E-state index in [4.69, 9.17) is 0 Å². The number of Topliss-reactive ketones (excluding diaryl/α,β-unsaturated/α-hetero) is 1. The van der Waals surface area contributed by atoms with Crippen molar-refractivity contribution < 1.29 is 14.4 Å². The average Bonchev–Trinajstić information content (AvgIpc) is 2.86. The molecule has 2 aliphatic rings. The molecule has 0 heterocycles. The molecular weight excluding hydrogens is 510 g/mol. The van der Waals surface area contributed by atoms with Gasteiger partial charge >= 0.3 is 6.03 Å². The largest absolute Gasteiger partial charge is 0.341 e. The van der Waals surface area contributed by atoms with Crippen molar-refractivity contribution in [1.29, 1.82) is 5.26 Å². The summed E-state index contributed by atoms with van der Waals surface area (Å²) in [4.78, 5) is 38.5. The minimum absolute atomic E-state index is 0.00458. The van der Waals surface area contributed by atoms with E-state index >= 15 is 0 Å². The molecule has 0 aromatic carbocycles. The van der Waals surface area contributed by atoms with Gasteiger partial charge in [-0.3, -0.25) is 9.59 Å². The molecule has 0 radical (unpaired) electrons. The lowest BCUT2D eigenvalue weighted by Crippen LogP contribution is -2.56. The van der Waals surface area contributed by atoms with Gasteiger partial charge in [-0.1, -0.05) is 80.4 Å². The van der Waals surface area contributed by atoms with Crippen LogP contribution in [-0.4, -0.2) is 30.2 Å². The van der Waals surface area contributed by atoms with Crippen LogP contribution in [0.15, 0.2) is 23.3 Å². The third-order valence-electron chi connectivity index (χ3n) is 11.2. The lowest BCUT2D eigenvalue weighted by Gasteiger charge is -2.61. The molecule has 230 valence electrons. The van der Waals surface area contributed by atoms with Crippen molar-refractivity contribution in [2.45, 2.75) is 133 Å². The first-order valence-electron chi connectivity index (χ1n) is 15.6. The average molecular weight is 568 g/mol. The molecule has 0 saturated heterocycles. The van der Waals surface area contributed by atoms with Crippen molar-refractivity contribution in [3.63, 3.8) is 0 Å². The number of rotatable bonds is 11. The molecule has 2 aliphatic carbocycles. The Morgan fingerprint density at radius 3 is 2.15 bits per heavy atom. The van der Waals surface area contributed by atoms with Crippen LogP contribution in [0.3, 0.4) is 0 Å². The molecule has 2 rings (SSSR count). The lowest BCUT2D eigenvalue weighted by atomic mass is 9.42. The number of allylic oxidation sites excluding steroid dienone is 4. The molecule has 0 bridgehead atoms. The summed E-state index contributed by atoms with van der Waals surface area (Å²) < 4.78 is 0. The van der Waals surface area contributed by atoms with Gasteiger partial charge in [-0.15, -0.1) is 0 Å². The quantitative estimate of drug-likeness (QED) is 0.247. The van der Waals surface area contributed by atoms with Crippen molar-refractivity contribution in [3.05, 3.63) is 23.3 Å². The van der Waals surface area contributed by atoms with Crippen molar-refractivity contribution in [2.75, 3.05) is 7.05 Å². The van der Waals surface area contributed by atoms with Gasteiger partial charge in [-0.25, -0.2) is 4.79 Å². The van der Waals surface area contributed by atoms with Gasteiger partial charge in [0.15, 0.2) is 11.6 Å². The van der Waals surface area contributed by atoms with Crippen LogP contribution in [0, 0.1) is 44.3 Å². The summed E-state index contributed by atoms with van der Waals surface area (Å²) in [6.45, 7) is 23.4. The fourth-order valence-electron chi connectivity index (χ4n) is 7.98. The number of carbonyl (C=O) groups is 3. The van der Waals surface area contributed by atoms with Gasteiger partial charge in [0.2, 0.25) is 0 Å². The first kappa shape index (κ1) is 34.8. The Morgan fingerprint density at radius 1 is 1.05 bits per heavy atom. The summed E-state index contributed by atoms with van der Waals surface area (Å²) in [6, 6.07) is 2.00. The normalized spacial score (nSPS) is 28.7. The van der Waals surface area contributed by atoms with E-state index in [2.05, 4.69) is 72.1 Å². The first-order chi connectivity index (χ1) is 18.6. The first-order valence-corrected chi connectivity index (χ1v) is 15.6. The zero-order valence-electron chi connectivity index (χ0n) is 28.1. The molecule has 0 aliphatic heterocycles. The summed E-state index contributed by atoms with van der Waals surface area (Å²) in [5.41, 5.74) is -0.853. The molecule has 2 amide bonds. The van der Waals surface area contributed by atoms with Crippen LogP contribution in [0.25, 0.3) is 0 Å². The molecule has 1 fully saturated rings. The maximum Gasteiger partial charge on any atom is 0.314 e. The number of hydrogen-bond donors (Lipinski definition) is 2. The monoisotopic (exact) mass is 567 g/mol. The number of urea groups is 1. The van der Waals surface area contributed by atoms with Gasteiger partial charge in [0, 0.05) is 23.4 Å². The van der Waals surface area contributed by atoms with E-state index in [1.165, 1.54) is 0 Å². The molecule has 6 nitrogen and oxygen atoms in total. The van der Waals surface area contributed by atoms with Crippen LogP contribution < -0.4 is 10.6 Å². The Kier molecular flexibility index (Phi) is 10.2. The maximum atomic E-state index is 13.2. The van der Waals surface area contributed by atoms with Crippen LogP contribution in [0.5, 0.6) is 0 Å². The third-order valence-corrected chi connectivity index (χ3v) is 11.2. The van der Waals surface area contributed by atoms with E-state index in [9.17, 15) is 19.6 Å². The number of fused-ring (bicyclic) bond motifs is 1. The Bertz CT molecular complexity index is 1140. The fourth-order valence-corrected chi connectivity index (χ4v) is 7.98. The molecule has 0 spiro atoms. The van der Waals surface area contributed by atoms with Gasteiger partial charge in [-0.05, 0) is 87.0 Å². The Hall–Kier alpha value is -2.42. The summed E-state index contributed by atoms with van der Waals surface area (Å²) >= 11 is 0. The number of nitrogens with zero attached hydrogens (tertiary/aromatic N) is 1. The Morgan fingerprint density at radius 2 is 1.63 bits per heavy atom. The summed E-state index contributed by atoms with van der Waals surface area (Å²) in [7, 11) is 1.65. The van der Waals surface area contributed by atoms with E-state index < -0.39 is 16.4 Å². The van der Waals surface area contributed by atoms with Crippen LogP contribution in [0.2, 0.25) is 0 Å². The van der Waals surface area contributed by atoms with E-state index in [1.54, 1.807) is 20.0 Å². The summed E-state index contributed by atoms with van der Waals surface area (Å²) in [5, 5.41) is 15.9. The van der Waals surface area contributed by atoms with Gasteiger partial charge in [0.05, 0.1) is 5.57 Å². The van der Waals surface area contributed by atoms with Crippen LogP contribution in [0.1, 0.15) is 128 Å². The maximum absolute atomic E-state index is 13.2. The van der Waals surface area contributed by atoms with E-state index in [1.807, 2.05) is 19.9 Å². The van der Waals surface area contributed by atoms with Crippen molar-refractivity contribution >= 4 is 17.6 Å². The van der Waals surface area contributed by atoms with Crippen LogP contribution in [-0.2, 0) is 9.59 Å². The Balaban J connectivity index is 2.53. The predicted octanol–water partition coefficient (Wildman–Crippen LogP) is 8.08. The highest BCUT2D eigenvalue weighted by Gasteiger charge is 2.61. The highest BCUT2D eigenvalue weighted by Crippen LogP contribution is 2.67. The molecule has 1 saturated carbocycles. The highest BCUT2D eigenvalue weighted by molar-refractivity contribution is 6.04. The second kappa shape index (κ2) is 12.1.